The number of benzene rings is 7. The Balaban J connectivity index is 1.25. The van der Waals surface area contributed by atoms with Gasteiger partial charge in [0.1, 0.15) is 22.3 Å². The Morgan fingerprint density at radius 3 is 1.73 bits per heavy atom. The van der Waals surface area contributed by atoms with Crippen LogP contribution in [0.15, 0.2) is 160 Å². The molecule has 0 amide bonds. The Labute approximate surface area is 274 Å². The number of nitrogens with zero attached hydrogens (tertiary/aromatic N) is 3. The van der Waals surface area contributed by atoms with E-state index in [0.717, 1.165) is 82.5 Å². The third-order valence-corrected chi connectivity index (χ3v) is 9.12. The minimum Gasteiger partial charge on any atom is -0.456 e. The van der Waals surface area contributed by atoms with E-state index in [1.165, 1.54) is 0 Å². The van der Waals surface area contributed by atoms with Crippen LogP contribution in [-0.4, -0.2) is 15.0 Å². The van der Waals surface area contributed by atoms with Gasteiger partial charge in [0, 0.05) is 38.2 Å². The molecule has 0 atom stereocenters. The first-order chi connectivity index (χ1) is 23.8. The fourth-order valence-electron chi connectivity index (χ4n) is 6.94. The topological polar surface area (TPSA) is 65.0 Å². The summed E-state index contributed by atoms with van der Waals surface area (Å²) in [6.45, 7) is 0. The van der Waals surface area contributed by atoms with Crippen molar-refractivity contribution in [3.8, 4) is 45.3 Å². The lowest BCUT2D eigenvalue weighted by Crippen LogP contribution is -2.00. The highest BCUT2D eigenvalue weighted by Crippen LogP contribution is 2.43. The van der Waals surface area contributed by atoms with E-state index in [9.17, 15) is 0 Å². The van der Waals surface area contributed by atoms with Crippen LogP contribution in [0, 0.1) is 0 Å². The highest BCUT2D eigenvalue weighted by atomic mass is 16.3. The fourth-order valence-corrected chi connectivity index (χ4v) is 6.94. The second-order valence-electron chi connectivity index (χ2n) is 12.0. The van der Waals surface area contributed by atoms with Crippen LogP contribution in [0.4, 0.5) is 0 Å². The van der Waals surface area contributed by atoms with Crippen molar-refractivity contribution in [3.05, 3.63) is 152 Å². The van der Waals surface area contributed by atoms with E-state index >= 15 is 0 Å². The molecule has 0 unspecified atom stereocenters. The summed E-state index contributed by atoms with van der Waals surface area (Å²) in [6, 6.07) is 51.5. The molecule has 0 aliphatic carbocycles. The summed E-state index contributed by atoms with van der Waals surface area (Å²) in [6.07, 6.45) is 0. The van der Waals surface area contributed by atoms with Gasteiger partial charge in [0.25, 0.3) is 0 Å². The summed E-state index contributed by atoms with van der Waals surface area (Å²) in [5.41, 5.74) is 8.26. The zero-order valence-corrected chi connectivity index (χ0v) is 25.6. The molecule has 0 N–H and O–H groups in total. The van der Waals surface area contributed by atoms with Crippen LogP contribution >= 0.6 is 0 Å². The van der Waals surface area contributed by atoms with Gasteiger partial charge in [0.05, 0.1) is 0 Å². The number of rotatable bonds is 4. The normalized spacial score (nSPS) is 11.8. The number of aromatic nitrogens is 3. The van der Waals surface area contributed by atoms with Gasteiger partial charge in [-0.25, -0.2) is 15.0 Å². The molecule has 3 aromatic heterocycles. The molecule has 5 heteroatoms. The molecule has 10 aromatic rings. The van der Waals surface area contributed by atoms with Gasteiger partial charge in [-0.3, -0.25) is 0 Å². The molecular formula is C43H25N3O2. The molecule has 0 bridgehead atoms. The van der Waals surface area contributed by atoms with Crippen LogP contribution in [0.25, 0.3) is 99.9 Å². The van der Waals surface area contributed by atoms with Crippen LogP contribution < -0.4 is 0 Å². The molecule has 224 valence electrons. The van der Waals surface area contributed by atoms with Gasteiger partial charge in [-0.15, -0.1) is 0 Å². The maximum Gasteiger partial charge on any atom is 0.165 e. The highest BCUT2D eigenvalue weighted by Gasteiger charge is 2.22. The molecule has 3 heterocycles. The summed E-state index contributed by atoms with van der Waals surface area (Å²) >= 11 is 0. The fraction of sp³-hybridized carbons (Fsp3) is 0. The van der Waals surface area contributed by atoms with Gasteiger partial charge in [0.15, 0.2) is 17.5 Å². The lowest BCUT2D eigenvalue weighted by atomic mass is 9.95. The Kier molecular flexibility index (Phi) is 5.81. The Hall–Kier alpha value is -6.59. The molecule has 48 heavy (non-hydrogen) atoms. The number of furan rings is 2. The van der Waals surface area contributed by atoms with E-state index < -0.39 is 0 Å². The minimum absolute atomic E-state index is 0.603. The molecule has 0 aliphatic heterocycles. The maximum absolute atomic E-state index is 6.70. The average Bonchev–Trinajstić information content (AvgIpc) is 3.72. The molecule has 0 fully saturated rings. The third-order valence-electron chi connectivity index (χ3n) is 9.12. The molecule has 0 spiro atoms. The molecule has 0 saturated heterocycles. The maximum atomic E-state index is 6.70. The van der Waals surface area contributed by atoms with Crippen LogP contribution in [0.5, 0.6) is 0 Å². The largest absolute Gasteiger partial charge is 0.456 e. The monoisotopic (exact) mass is 615 g/mol. The minimum atomic E-state index is 0.603. The van der Waals surface area contributed by atoms with Crippen molar-refractivity contribution in [1.29, 1.82) is 0 Å². The SMILES string of the molecule is c1ccc(-c2nc(-c3ccccc3)nc(-c3c4ccccc4cc4oc5cc(-c6cccc7oc8ccccc8c67)ccc5c34)n2)cc1. The van der Waals surface area contributed by atoms with Crippen molar-refractivity contribution in [2.75, 3.05) is 0 Å². The van der Waals surface area contributed by atoms with Gasteiger partial charge in [-0.05, 0) is 52.2 Å². The predicted molar refractivity (Wildman–Crippen MR) is 194 cm³/mol. The number of hydrogen-bond acceptors (Lipinski definition) is 5. The summed E-state index contributed by atoms with van der Waals surface area (Å²) in [5, 5.41) is 6.28. The Morgan fingerprint density at radius 2 is 0.958 bits per heavy atom. The molecule has 5 nitrogen and oxygen atoms in total. The van der Waals surface area contributed by atoms with E-state index in [1.807, 2.05) is 91.0 Å². The van der Waals surface area contributed by atoms with Crippen LogP contribution in [-0.2, 0) is 0 Å². The molecule has 10 rings (SSSR count). The van der Waals surface area contributed by atoms with Crippen LogP contribution in [0.2, 0.25) is 0 Å². The second kappa shape index (κ2) is 10.5. The first-order valence-electron chi connectivity index (χ1n) is 15.9. The number of fused-ring (bicyclic) bond motifs is 7. The highest BCUT2D eigenvalue weighted by molar-refractivity contribution is 6.21. The van der Waals surface area contributed by atoms with Crippen LogP contribution in [0.1, 0.15) is 0 Å². The third kappa shape index (κ3) is 4.15. The molecular weight excluding hydrogens is 590 g/mol. The zero-order chi connectivity index (χ0) is 31.6. The van der Waals surface area contributed by atoms with Gasteiger partial charge in [-0.1, -0.05) is 121 Å². The first kappa shape index (κ1) is 26.6. The quantitative estimate of drug-likeness (QED) is 0.197. The van der Waals surface area contributed by atoms with E-state index in [-0.39, 0.29) is 0 Å². The Morgan fingerprint density at radius 1 is 0.354 bits per heavy atom. The van der Waals surface area contributed by atoms with Gasteiger partial charge in [-0.2, -0.15) is 0 Å². The van der Waals surface area contributed by atoms with Crippen molar-refractivity contribution >= 4 is 54.6 Å². The van der Waals surface area contributed by atoms with Gasteiger partial charge < -0.3 is 8.83 Å². The van der Waals surface area contributed by atoms with Crippen LogP contribution in [0.3, 0.4) is 0 Å². The van der Waals surface area contributed by atoms with Crippen molar-refractivity contribution in [2.45, 2.75) is 0 Å². The van der Waals surface area contributed by atoms with E-state index in [1.54, 1.807) is 0 Å². The molecule has 0 aliphatic rings. The summed E-state index contributed by atoms with van der Waals surface area (Å²) in [4.78, 5) is 15.2. The Bertz CT molecular complexity index is 2780. The summed E-state index contributed by atoms with van der Waals surface area (Å²) < 4.78 is 12.9. The van der Waals surface area contributed by atoms with E-state index in [2.05, 4.69) is 60.7 Å². The van der Waals surface area contributed by atoms with E-state index in [4.69, 9.17) is 23.8 Å². The standard InChI is InChI=1S/C43H25N3O2/c1-3-12-26(13-4-1)41-44-42(27-14-5-2-6-15-27)46-43(45-41)40-31-17-8-7-16-28(31)25-37-39(40)33-23-22-29(24-36(33)48-37)30-19-11-21-35-38(30)32-18-9-10-20-34(32)47-35/h1-25H. The molecule has 0 radical (unpaired) electrons. The molecule has 0 saturated carbocycles. The van der Waals surface area contributed by atoms with Crippen molar-refractivity contribution in [3.63, 3.8) is 0 Å². The second-order valence-corrected chi connectivity index (χ2v) is 12.0. The lowest BCUT2D eigenvalue weighted by molar-refractivity contribution is 0.668. The summed E-state index contributed by atoms with van der Waals surface area (Å²) in [5.74, 6) is 1.85. The number of para-hydroxylation sites is 1. The van der Waals surface area contributed by atoms with Gasteiger partial charge in [0.2, 0.25) is 0 Å². The predicted octanol–water partition coefficient (Wildman–Crippen LogP) is 11.5. The van der Waals surface area contributed by atoms with Crippen molar-refractivity contribution in [2.24, 2.45) is 0 Å². The van der Waals surface area contributed by atoms with Crippen molar-refractivity contribution < 1.29 is 8.83 Å². The smallest absolute Gasteiger partial charge is 0.165 e. The van der Waals surface area contributed by atoms with Crippen molar-refractivity contribution in [1.82, 2.24) is 15.0 Å². The number of hydrogen-bond donors (Lipinski definition) is 0. The molecule has 7 aromatic carbocycles. The lowest BCUT2D eigenvalue weighted by Gasteiger charge is -2.11. The average molecular weight is 616 g/mol. The first-order valence-corrected chi connectivity index (χ1v) is 15.9. The summed E-state index contributed by atoms with van der Waals surface area (Å²) in [7, 11) is 0. The zero-order valence-electron chi connectivity index (χ0n) is 25.6. The van der Waals surface area contributed by atoms with Gasteiger partial charge >= 0.3 is 0 Å². The van der Waals surface area contributed by atoms with E-state index in [0.29, 0.717) is 17.5 Å².